The molecule has 21 heavy (non-hydrogen) atoms. The molecule has 0 aromatic heterocycles. The summed E-state index contributed by atoms with van der Waals surface area (Å²) in [5.74, 6) is 2.28. The van der Waals surface area contributed by atoms with Crippen molar-refractivity contribution in [3.8, 4) is 11.5 Å². The lowest BCUT2D eigenvalue weighted by atomic mass is 10.0. The van der Waals surface area contributed by atoms with E-state index in [-0.39, 0.29) is 0 Å². The minimum Gasteiger partial charge on any atom is -0.493 e. The lowest BCUT2D eigenvalue weighted by Gasteiger charge is -2.18. The molecule has 0 saturated heterocycles. The largest absolute Gasteiger partial charge is 0.493 e. The predicted molar refractivity (Wildman–Crippen MR) is 92.2 cm³/mol. The van der Waals surface area contributed by atoms with Gasteiger partial charge < -0.3 is 14.8 Å². The van der Waals surface area contributed by atoms with Crippen LogP contribution >= 0.6 is 15.9 Å². The number of methoxy groups -OCH3 is 1. The molecule has 0 heterocycles. The van der Waals surface area contributed by atoms with Gasteiger partial charge in [0.15, 0.2) is 11.5 Å². The molecule has 0 aliphatic carbocycles. The predicted octanol–water partition coefficient (Wildman–Crippen LogP) is 4.77. The van der Waals surface area contributed by atoms with E-state index < -0.39 is 0 Å². The lowest BCUT2D eigenvalue weighted by Crippen LogP contribution is -2.26. The Hall–Kier alpha value is -0.740. The van der Waals surface area contributed by atoms with E-state index in [2.05, 4.69) is 55.0 Å². The number of nitrogens with one attached hydrogen (secondary N) is 1. The summed E-state index contributed by atoms with van der Waals surface area (Å²) in [5, 5.41) is 3.55. The van der Waals surface area contributed by atoms with Crippen LogP contribution in [0, 0.1) is 5.92 Å². The normalized spacial score (nSPS) is 12.5. The number of rotatable bonds is 9. The molecule has 1 aromatic carbocycles. The first-order chi connectivity index (χ1) is 9.97. The zero-order valence-corrected chi connectivity index (χ0v) is 15.4. The molecule has 1 aromatic rings. The highest BCUT2D eigenvalue weighted by molar-refractivity contribution is 9.10. The van der Waals surface area contributed by atoms with Crippen LogP contribution in [0.3, 0.4) is 0 Å². The fourth-order valence-electron chi connectivity index (χ4n) is 2.30. The van der Waals surface area contributed by atoms with Gasteiger partial charge in [0, 0.05) is 12.6 Å². The van der Waals surface area contributed by atoms with Crippen LogP contribution in [0.25, 0.3) is 0 Å². The second-order valence-corrected chi connectivity index (χ2v) is 6.72. The molecule has 0 aliphatic rings. The maximum Gasteiger partial charge on any atom is 0.175 e. The minimum atomic E-state index is 0.505. The maximum atomic E-state index is 5.75. The Balaban J connectivity index is 2.74. The zero-order valence-electron chi connectivity index (χ0n) is 13.8. The van der Waals surface area contributed by atoms with Crippen molar-refractivity contribution in [3.63, 3.8) is 0 Å². The summed E-state index contributed by atoms with van der Waals surface area (Å²) >= 11 is 3.58. The first kappa shape index (κ1) is 18.3. The van der Waals surface area contributed by atoms with Gasteiger partial charge in [-0.1, -0.05) is 20.8 Å². The third-order valence-electron chi connectivity index (χ3n) is 3.22. The Morgan fingerprint density at radius 2 is 1.95 bits per heavy atom. The third kappa shape index (κ3) is 6.27. The van der Waals surface area contributed by atoms with Crippen molar-refractivity contribution in [1.29, 1.82) is 0 Å². The van der Waals surface area contributed by atoms with Crippen molar-refractivity contribution in [2.75, 3.05) is 13.7 Å². The molecular formula is C17H28BrNO2. The van der Waals surface area contributed by atoms with Crippen molar-refractivity contribution < 1.29 is 9.47 Å². The van der Waals surface area contributed by atoms with Gasteiger partial charge >= 0.3 is 0 Å². The van der Waals surface area contributed by atoms with Gasteiger partial charge in [0.2, 0.25) is 0 Å². The molecule has 0 saturated carbocycles. The summed E-state index contributed by atoms with van der Waals surface area (Å²) in [6, 6.07) is 4.65. The van der Waals surface area contributed by atoms with Gasteiger partial charge in [0.25, 0.3) is 0 Å². The monoisotopic (exact) mass is 357 g/mol. The number of halogens is 1. The Labute approximate surface area is 137 Å². The van der Waals surface area contributed by atoms with Crippen LogP contribution in [0.5, 0.6) is 11.5 Å². The topological polar surface area (TPSA) is 30.5 Å². The van der Waals surface area contributed by atoms with E-state index in [1.807, 2.05) is 6.07 Å². The minimum absolute atomic E-state index is 0.505. The summed E-state index contributed by atoms with van der Waals surface area (Å²) in [5.41, 5.74) is 1.19. The van der Waals surface area contributed by atoms with Crippen LogP contribution in [-0.2, 0) is 6.54 Å². The Morgan fingerprint density at radius 3 is 2.52 bits per heavy atom. The van der Waals surface area contributed by atoms with Crippen LogP contribution in [0.1, 0.15) is 46.1 Å². The van der Waals surface area contributed by atoms with Crippen LogP contribution in [-0.4, -0.2) is 19.8 Å². The average molecular weight is 358 g/mol. The number of hydrogen-bond acceptors (Lipinski definition) is 3. The molecule has 0 radical (unpaired) electrons. The van der Waals surface area contributed by atoms with Crippen LogP contribution in [0.2, 0.25) is 0 Å². The van der Waals surface area contributed by atoms with Gasteiger partial charge in [-0.25, -0.2) is 0 Å². The van der Waals surface area contributed by atoms with Gasteiger partial charge in [0.05, 0.1) is 18.2 Å². The van der Waals surface area contributed by atoms with E-state index in [1.165, 1.54) is 12.0 Å². The molecule has 0 bridgehead atoms. The highest BCUT2D eigenvalue weighted by Crippen LogP contribution is 2.36. The van der Waals surface area contributed by atoms with E-state index in [0.29, 0.717) is 18.6 Å². The van der Waals surface area contributed by atoms with E-state index in [1.54, 1.807) is 7.11 Å². The Kier molecular flexibility index (Phi) is 8.12. The standard InChI is InChI=1S/C17H28BrNO2/c1-6-7-21-17-15(18)9-14(10-16(17)20-5)11-19-13(4)8-12(2)3/h9-10,12-13,19H,6-8,11H2,1-5H3. The SMILES string of the molecule is CCCOc1c(Br)cc(CNC(C)CC(C)C)cc1OC. The quantitative estimate of drug-likeness (QED) is 0.690. The summed E-state index contributed by atoms with van der Waals surface area (Å²) in [6.45, 7) is 10.3. The fourth-order valence-corrected chi connectivity index (χ4v) is 2.91. The van der Waals surface area contributed by atoms with Gasteiger partial charge in [-0.15, -0.1) is 0 Å². The van der Waals surface area contributed by atoms with Gasteiger partial charge in [-0.05, 0) is 59.3 Å². The molecule has 1 rings (SSSR count). The van der Waals surface area contributed by atoms with E-state index in [4.69, 9.17) is 9.47 Å². The van der Waals surface area contributed by atoms with E-state index in [9.17, 15) is 0 Å². The van der Waals surface area contributed by atoms with Gasteiger partial charge in [-0.2, -0.15) is 0 Å². The maximum absolute atomic E-state index is 5.75. The van der Waals surface area contributed by atoms with E-state index >= 15 is 0 Å². The van der Waals surface area contributed by atoms with Crippen LogP contribution < -0.4 is 14.8 Å². The Morgan fingerprint density at radius 1 is 1.24 bits per heavy atom. The van der Waals surface area contributed by atoms with Crippen LogP contribution in [0.4, 0.5) is 0 Å². The van der Waals surface area contributed by atoms with Crippen molar-refractivity contribution in [3.05, 3.63) is 22.2 Å². The van der Waals surface area contributed by atoms with Crippen molar-refractivity contribution in [2.45, 2.75) is 53.1 Å². The molecule has 0 fully saturated rings. The Bertz CT molecular complexity index is 435. The number of benzene rings is 1. The first-order valence-corrected chi connectivity index (χ1v) is 8.49. The fraction of sp³-hybridized carbons (Fsp3) is 0.647. The smallest absolute Gasteiger partial charge is 0.175 e. The number of ether oxygens (including phenoxy) is 2. The highest BCUT2D eigenvalue weighted by Gasteiger charge is 2.12. The summed E-state index contributed by atoms with van der Waals surface area (Å²) in [7, 11) is 1.68. The summed E-state index contributed by atoms with van der Waals surface area (Å²) in [6.07, 6.45) is 2.15. The molecule has 1 atom stereocenters. The second kappa shape index (κ2) is 9.31. The molecule has 1 N–H and O–H groups in total. The van der Waals surface area contributed by atoms with Crippen molar-refractivity contribution in [2.24, 2.45) is 5.92 Å². The van der Waals surface area contributed by atoms with Gasteiger partial charge in [-0.3, -0.25) is 0 Å². The molecule has 4 heteroatoms. The summed E-state index contributed by atoms with van der Waals surface area (Å²) in [4.78, 5) is 0. The average Bonchev–Trinajstić information content (AvgIpc) is 2.42. The zero-order chi connectivity index (χ0) is 15.8. The third-order valence-corrected chi connectivity index (χ3v) is 3.81. The second-order valence-electron chi connectivity index (χ2n) is 5.87. The van der Waals surface area contributed by atoms with Gasteiger partial charge in [0.1, 0.15) is 0 Å². The van der Waals surface area contributed by atoms with Crippen molar-refractivity contribution in [1.82, 2.24) is 5.32 Å². The molecule has 120 valence electrons. The molecule has 3 nitrogen and oxygen atoms in total. The molecule has 1 unspecified atom stereocenters. The summed E-state index contributed by atoms with van der Waals surface area (Å²) < 4.78 is 12.1. The van der Waals surface area contributed by atoms with E-state index in [0.717, 1.165) is 28.9 Å². The van der Waals surface area contributed by atoms with Crippen LogP contribution in [0.15, 0.2) is 16.6 Å². The first-order valence-electron chi connectivity index (χ1n) is 7.70. The lowest BCUT2D eigenvalue weighted by molar-refractivity contribution is 0.292. The molecule has 0 spiro atoms. The molecular weight excluding hydrogens is 330 g/mol. The highest BCUT2D eigenvalue weighted by atomic mass is 79.9. The van der Waals surface area contributed by atoms with Crippen molar-refractivity contribution >= 4 is 15.9 Å². The number of hydrogen-bond donors (Lipinski definition) is 1. The molecule has 0 amide bonds. The molecule has 0 aliphatic heterocycles.